The molecule has 1 saturated carbocycles. The van der Waals surface area contributed by atoms with Gasteiger partial charge in [0, 0.05) is 19.2 Å². The molecule has 0 aromatic rings. The maximum Gasteiger partial charge on any atom is 0.0599 e. The molecule has 1 heterocycles. The molecule has 0 radical (unpaired) electrons. The van der Waals surface area contributed by atoms with Gasteiger partial charge in [0.25, 0.3) is 0 Å². The average Bonchev–Trinajstić information content (AvgIpc) is 2.49. The van der Waals surface area contributed by atoms with E-state index in [2.05, 4.69) is 17.1 Å². The summed E-state index contributed by atoms with van der Waals surface area (Å²) in [5, 5.41) is 3.39. The van der Waals surface area contributed by atoms with Gasteiger partial charge in [-0.15, -0.1) is 0 Å². The molecule has 2 rings (SSSR count). The highest BCUT2D eigenvalue weighted by atomic mass is 16.5. The fourth-order valence-electron chi connectivity index (χ4n) is 3.52. The summed E-state index contributed by atoms with van der Waals surface area (Å²) in [7, 11) is 0. The van der Waals surface area contributed by atoms with E-state index in [1.807, 2.05) is 0 Å². The van der Waals surface area contributed by atoms with Gasteiger partial charge in [-0.1, -0.05) is 26.2 Å². The van der Waals surface area contributed by atoms with E-state index in [-0.39, 0.29) is 0 Å². The Kier molecular flexibility index (Phi) is 7.18. The smallest absolute Gasteiger partial charge is 0.0599 e. The molecule has 0 amide bonds. The van der Waals surface area contributed by atoms with Crippen LogP contribution in [0.25, 0.3) is 0 Å². The van der Waals surface area contributed by atoms with Gasteiger partial charge in [0.05, 0.1) is 6.10 Å². The average molecular weight is 268 g/mol. The molecule has 1 aliphatic carbocycles. The summed E-state index contributed by atoms with van der Waals surface area (Å²) in [5.41, 5.74) is 0. The SMILES string of the molecule is CCN(CCCOC1CCNCC1)C1CCCCC1. The number of ether oxygens (including phenoxy) is 1. The van der Waals surface area contributed by atoms with Gasteiger partial charge in [-0.05, 0) is 51.7 Å². The predicted octanol–water partition coefficient (Wildman–Crippen LogP) is 2.80. The van der Waals surface area contributed by atoms with Crippen LogP contribution in [0.5, 0.6) is 0 Å². The molecule has 1 saturated heterocycles. The van der Waals surface area contributed by atoms with E-state index >= 15 is 0 Å². The molecule has 3 nitrogen and oxygen atoms in total. The number of piperidine rings is 1. The van der Waals surface area contributed by atoms with Crippen LogP contribution < -0.4 is 5.32 Å². The van der Waals surface area contributed by atoms with E-state index in [0.29, 0.717) is 6.10 Å². The van der Waals surface area contributed by atoms with Crippen LogP contribution in [0.1, 0.15) is 58.3 Å². The molecule has 0 spiro atoms. The second-order valence-electron chi connectivity index (χ2n) is 6.09. The zero-order chi connectivity index (χ0) is 13.3. The second kappa shape index (κ2) is 8.93. The van der Waals surface area contributed by atoms with Crippen molar-refractivity contribution in [1.82, 2.24) is 10.2 Å². The molecule has 112 valence electrons. The quantitative estimate of drug-likeness (QED) is 0.719. The Morgan fingerprint density at radius 3 is 2.47 bits per heavy atom. The Labute approximate surface area is 119 Å². The van der Waals surface area contributed by atoms with Gasteiger partial charge < -0.3 is 15.0 Å². The molecule has 0 bridgehead atoms. The van der Waals surface area contributed by atoms with Crippen molar-refractivity contribution >= 4 is 0 Å². The molecule has 1 N–H and O–H groups in total. The van der Waals surface area contributed by atoms with Crippen LogP contribution >= 0.6 is 0 Å². The highest BCUT2D eigenvalue weighted by Crippen LogP contribution is 2.22. The van der Waals surface area contributed by atoms with Crippen molar-refractivity contribution in [2.45, 2.75) is 70.4 Å². The molecule has 2 fully saturated rings. The van der Waals surface area contributed by atoms with Crippen molar-refractivity contribution in [2.24, 2.45) is 0 Å². The van der Waals surface area contributed by atoms with E-state index < -0.39 is 0 Å². The molecule has 2 aliphatic rings. The molecule has 19 heavy (non-hydrogen) atoms. The summed E-state index contributed by atoms with van der Waals surface area (Å²) in [6.45, 7) is 7.96. The van der Waals surface area contributed by atoms with Gasteiger partial charge in [0.1, 0.15) is 0 Å². The van der Waals surface area contributed by atoms with E-state index in [9.17, 15) is 0 Å². The van der Waals surface area contributed by atoms with Crippen molar-refractivity contribution in [3.05, 3.63) is 0 Å². The van der Waals surface area contributed by atoms with Crippen molar-refractivity contribution in [1.29, 1.82) is 0 Å². The number of hydrogen-bond donors (Lipinski definition) is 1. The largest absolute Gasteiger partial charge is 0.378 e. The van der Waals surface area contributed by atoms with Gasteiger partial charge in [-0.3, -0.25) is 0 Å². The first-order valence-corrected chi connectivity index (χ1v) is 8.46. The minimum Gasteiger partial charge on any atom is -0.378 e. The first kappa shape index (κ1) is 15.3. The molecule has 1 aliphatic heterocycles. The molecular formula is C16H32N2O. The van der Waals surface area contributed by atoms with Gasteiger partial charge in [0.15, 0.2) is 0 Å². The Bertz CT molecular complexity index is 223. The van der Waals surface area contributed by atoms with Crippen LogP contribution in [0.4, 0.5) is 0 Å². The zero-order valence-corrected chi connectivity index (χ0v) is 12.7. The third kappa shape index (κ3) is 5.41. The Balaban J connectivity index is 1.57. The second-order valence-corrected chi connectivity index (χ2v) is 6.09. The van der Waals surface area contributed by atoms with Crippen LogP contribution in [0.3, 0.4) is 0 Å². The first-order chi connectivity index (χ1) is 9.40. The van der Waals surface area contributed by atoms with Crippen LogP contribution in [-0.2, 0) is 4.74 Å². The summed E-state index contributed by atoms with van der Waals surface area (Å²) in [5.74, 6) is 0. The summed E-state index contributed by atoms with van der Waals surface area (Å²) >= 11 is 0. The van der Waals surface area contributed by atoms with Crippen LogP contribution in [-0.4, -0.2) is 49.8 Å². The molecular weight excluding hydrogens is 236 g/mol. The van der Waals surface area contributed by atoms with E-state index in [1.54, 1.807) is 0 Å². The molecule has 0 aromatic heterocycles. The van der Waals surface area contributed by atoms with E-state index in [4.69, 9.17) is 4.74 Å². The van der Waals surface area contributed by atoms with Crippen molar-refractivity contribution in [2.75, 3.05) is 32.8 Å². The highest BCUT2D eigenvalue weighted by Gasteiger charge is 2.19. The third-order valence-electron chi connectivity index (χ3n) is 4.73. The number of rotatable bonds is 7. The highest BCUT2D eigenvalue weighted by molar-refractivity contribution is 4.75. The lowest BCUT2D eigenvalue weighted by molar-refractivity contribution is 0.0250. The number of nitrogens with zero attached hydrogens (tertiary/aromatic N) is 1. The number of hydrogen-bond acceptors (Lipinski definition) is 3. The summed E-state index contributed by atoms with van der Waals surface area (Å²) < 4.78 is 6.00. The van der Waals surface area contributed by atoms with Gasteiger partial charge in [-0.2, -0.15) is 0 Å². The lowest BCUT2D eigenvalue weighted by Crippen LogP contribution is -2.38. The minimum atomic E-state index is 0.519. The van der Waals surface area contributed by atoms with E-state index in [0.717, 1.165) is 25.7 Å². The standard InChI is InChI=1S/C16H32N2O/c1-2-18(15-7-4-3-5-8-15)13-6-14-19-16-9-11-17-12-10-16/h15-17H,2-14H2,1H3. The fourth-order valence-corrected chi connectivity index (χ4v) is 3.52. The maximum absolute atomic E-state index is 6.00. The minimum absolute atomic E-state index is 0.519. The molecule has 0 atom stereocenters. The van der Waals surface area contributed by atoms with Gasteiger partial charge in [0.2, 0.25) is 0 Å². The summed E-state index contributed by atoms with van der Waals surface area (Å²) in [6.07, 6.45) is 11.3. The van der Waals surface area contributed by atoms with Crippen LogP contribution in [0.2, 0.25) is 0 Å². The zero-order valence-electron chi connectivity index (χ0n) is 12.7. The van der Waals surface area contributed by atoms with Crippen LogP contribution in [0, 0.1) is 0 Å². The van der Waals surface area contributed by atoms with E-state index in [1.165, 1.54) is 64.5 Å². The van der Waals surface area contributed by atoms with Crippen molar-refractivity contribution in [3.63, 3.8) is 0 Å². The topological polar surface area (TPSA) is 24.5 Å². The third-order valence-corrected chi connectivity index (χ3v) is 4.73. The molecule has 3 heteroatoms. The van der Waals surface area contributed by atoms with Gasteiger partial charge in [-0.25, -0.2) is 0 Å². The summed E-state index contributed by atoms with van der Waals surface area (Å²) in [6, 6.07) is 0.859. The monoisotopic (exact) mass is 268 g/mol. The maximum atomic E-state index is 6.00. The molecule has 0 aromatic carbocycles. The lowest BCUT2D eigenvalue weighted by atomic mass is 9.94. The Morgan fingerprint density at radius 1 is 1.05 bits per heavy atom. The Morgan fingerprint density at radius 2 is 1.79 bits per heavy atom. The van der Waals surface area contributed by atoms with Crippen LogP contribution in [0.15, 0.2) is 0 Å². The fraction of sp³-hybridized carbons (Fsp3) is 1.00. The van der Waals surface area contributed by atoms with Crippen molar-refractivity contribution in [3.8, 4) is 0 Å². The predicted molar refractivity (Wildman–Crippen MR) is 80.6 cm³/mol. The van der Waals surface area contributed by atoms with Crippen molar-refractivity contribution < 1.29 is 4.74 Å². The molecule has 0 unspecified atom stereocenters. The normalized spacial score (nSPS) is 23.1. The lowest BCUT2D eigenvalue weighted by Gasteiger charge is -2.33. The summed E-state index contributed by atoms with van der Waals surface area (Å²) in [4.78, 5) is 2.69. The first-order valence-electron chi connectivity index (χ1n) is 8.46. The van der Waals surface area contributed by atoms with Gasteiger partial charge >= 0.3 is 0 Å². The number of nitrogens with one attached hydrogen (secondary N) is 1. The Hall–Kier alpha value is -0.120.